The molecular weight excluding hydrogens is 416 g/mol. The standard InChI is InChI=1S/C23H28N2O3S2/c1-18-5-12-22(13-6-18)30(27,28)24-16-20-4-3-15-25(17-20)23(26)14-9-19-7-10-21(29-2)11-8-19/h5-14,20,24H,3-4,15-17H2,1-2H3/b14-9+. The zero-order chi connectivity index (χ0) is 21.6. The van der Waals surface area contributed by atoms with E-state index in [2.05, 4.69) is 4.72 Å². The molecular formula is C23H28N2O3S2. The van der Waals surface area contributed by atoms with E-state index in [1.807, 2.05) is 43.5 Å². The van der Waals surface area contributed by atoms with Crippen molar-refractivity contribution in [3.63, 3.8) is 0 Å². The minimum absolute atomic E-state index is 0.0324. The SMILES string of the molecule is CSc1ccc(/C=C/C(=O)N2CCCC(CNS(=O)(=O)c3ccc(C)cc3)C2)cc1. The van der Waals surface area contributed by atoms with Gasteiger partial charge in [0, 0.05) is 30.6 Å². The summed E-state index contributed by atoms with van der Waals surface area (Å²) in [5.74, 6) is 0.0761. The number of amides is 1. The molecule has 0 saturated carbocycles. The van der Waals surface area contributed by atoms with Gasteiger partial charge in [0.2, 0.25) is 15.9 Å². The van der Waals surface area contributed by atoms with Crippen LogP contribution in [0.4, 0.5) is 0 Å². The van der Waals surface area contributed by atoms with Crippen LogP contribution in [0.1, 0.15) is 24.0 Å². The van der Waals surface area contributed by atoms with E-state index in [1.54, 1.807) is 47.0 Å². The number of aryl methyl sites for hydroxylation is 1. The number of sulfonamides is 1. The van der Waals surface area contributed by atoms with Crippen LogP contribution in [-0.2, 0) is 14.8 Å². The zero-order valence-electron chi connectivity index (χ0n) is 17.4. The Balaban J connectivity index is 1.54. The quantitative estimate of drug-likeness (QED) is 0.519. The maximum absolute atomic E-state index is 12.6. The number of nitrogens with one attached hydrogen (secondary N) is 1. The molecule has 1 heterocycles. The highest BCUT2D eigenvalue weighted by molar-refractivity contribution is 7.98. The van der Waals surface area contributed by atoms with Gasteiger partial charge in [0.1, 0.15) is 0 Å². The normalized spacial score (nSPS) is 17.4. The van der Waals surface area contributed by atoms with Crippen molar-refractivity contribution in [1.82, 2.24) is 9.62 Å². The number of carbonyl (C=O) groups excluding carboxylic acids is 1. The van der Waals surface area contributed by atoms with Gasteiger partial charge in [-0.05, 0) is 67.8 Å². The number of hydrogen-bond donors (Lipinski definition) is 1. The predicted molar refractivity (Wildman–Crippen MR) is 123 cm³/mol. The van der Waals surface area contributed by atoms with Gasteiger partial charge >= 0.3 is 0 Å². The van der Waals surface area contributed by atoms with Gasteiger partial charge in [-0.3, -0.25) is 4.79 Å². The van der Waals surface area contributed by atoms with E-state index >= 15 is 0 Å². The van der Waals surface area contributed by atoms with Gasteiger partial charge in [-0.1, -0.05) is 29.8 Å². The van der Waals surface area contributed by atoms with Gasteiger partial charge in [0.05, 0.1) is 4.90 Å². The number of benzene rings is 2. The number of rotatable bonds is 7. The molecule has 3 rings (SSSR count). The fourth-order valence-corrected chi connectivity index (χ4v) is 4.97. The minimum Gasteiger partial charge on any atom is -0.339 e. The summed E-state index contributed by atoms with van der Waals surface area (Å²) in [5.41, 5.74) is 2.00. The molecule has 0 aromatic heterocycles. The minimum atomic E-state index is -3.54. The van der Waals surface area contributed by atoms with Crippen LogP contribution < -0.4 is 4.72 Å². The van der Waals surface area contributed by atoms with Gasteiger partial charge in [-0.15, -0.1) is 11.8 Å². The molecule has 1 aliphatic heterocycles. The second-order valence-corrected chi connectivity index (χ2v) is 10.2. The Morgan fingerprint density at radius 2 is 1.87 bits per heavy atom. The lowest BCUT2D eigenvalue weighted by atomic mass is 9.98. The highest BCUT2D eigenvalue weighted by atomic mass is 32.2. The van der Waals surface area contributed by atoms with Crippen LogP contribution in [-0.4, -0.2) is 45.1 Å². The summed E-state index contributed by atoms with van der Waals surface area (Å²) < 4.78 is 27.7. The van der Waals surface area contributed by atoms with E-state index in [4.69, 9.17) is 0 Å². The Labute approximate surface area is 183 Å². The molecule has 0 spiro atoms. The van der Waals surface area contributed by atoms with Gasteiger partial charge < -0.3 is 4.90 Å². The fraction of sp³-hybridized carbons (Fsp3) is 0.348. The molecule has 1 saturated heterocycles. The molecule has 1 amide bonds. The van der Waals surface area contributed by atoms with Crippen molar-refractivity contribution in [1.29, 1.82) is 0 Å². The molecule has 0 radical (unpaired) electrons. The molecule has 1 unspecified atom stereocenters. The summed E-state index contributed by atoms with van der Waals surface area (Å²) in [5, 5.41) is 0. The summed E-state index contributed by atoms with van der Waals surface area (Å²) in [6, 6.07) is 14.9. The first kappa shape index (κ1) is 22.6. The third kappa shape index (κ3) is 6.20. The number of piperidine rings is 1. The Kier molecular flexibility index (Phi) is 7.75. The number of likely N-dealkylation sites (tertiary alicyclic amines) is 1. The Morgan fingerprint density at radius 1 is 1.17 bits per heavy atom. The molecule has 0 aliphatic carbocycles. The average Bonchev–Trinajstić information content (AvgIpc) is 2.77. The van der Waals surface area contributed by atoms with Crippen molar-refractivity contribution in [2.75, 3.05) is 25.9 Å². The topological polar surface area (TPSA) is 66.5 Å². The monoisotopic (exact) mass is 444 g/mol. The molecule has 30 heavy (non-hydrogen) atoms. The second kappa shape index (κ2) is 10.3. The Bertz CT molecular complexity index is 984. The third-order valence-corrected chi connectivity index (χ3v) is 7.44. The van der Waals surface area contributed by atoms with Gasteiger partial charge in [0.15, 0.2) is 0 Å². The summed E-state index contributed by atoms with van der Waals surface area (Å²) >= 11 is 1.68. The third-order valence-electron chi connectivity index (χ3n) is 5.26. The lowest BCUT2D eigenvalue weighted by Crippen LogP contribution is -2.43. The molecule has 1 aliphatic rings. The van der Waals surface area contributed by atoms with Crippen LogP contribution in [0.5, 0.6) is 0 Å². The van der Waals surface area contributed by atoms with Crippen molar-refractivity contribution >= 4 is 33.8 Å². The fourth-order valence-electron chi connectivity index (χ4n) is 3.45. The lowest BCUT2D eigenvalue weighted by molar-refractivity contribution is -0.127. The predicted octanol–water partition coefficient (Wildman–Crippen LogP) is 3.95. The maximum Gasteiger partial charge on any atom is 0.246 e. The summed E-state index contributed by atoms with van der Waals surface area (Å²) in [6.45, 7) is 3.52. The first-order chi connectivity index (χ1) is 14.4. The number of nitrogens with zero attached hydrogens (tertiary/aromatic N) is 1. The molecule has 1 atom stereocenters. The van der Waals surface area contributed by atoms with Crippen LogP contribution in [0.25, 0.3) is 6.08 Å². The van der Waals surface area contributed by atoms with Crippen LogP contribution in [0.15, 0.2) is 64.4 Å². The molecule has 1 fully saturated rings. The van der Waals surface area contributed by atoms with Crippen molar-refractivity contribution in [3.8, 4) is 0 Å². The number of hydrogen-bond acceptors (Lipinski definition) is 4. The van der Waals surface area contributed by atoms with Gasteiger partial charge in [0.25, 0.3) is 0 Å². The molecule has 5 nitrogen and oxygen atoms in total. The van der Waals surface area contributed by atoms with Crippen LogP contribution in [0.3, 0.4) is 0 Å². The maximum atomic E-state index is 12.6. The lowest BCUT2D eigenvalue weighted by Gasteiger charge is -2.32. The average molecular weight is 445 g/mol. The van der Waals surface area contributed by atoms with E-state index < -0.39 is 10.0 Å². The van der Waals surface area contributed by atoms with Crippen molar-refractivity contribution in [3.05, 3.63) is 65.7 Å². The van der Waals surface area contributed by atoms with Crippen molar-refractivity contribution < 1.29 is 13.2 Å². The second-order valence-electron chi connectivity index (χ2n) is 7.56. The Morgan fingerprint density at radius 3 is 2.53 bits per heavy atom. The van der Waals surface area contributed by atoms with Crippen LogP contribution in [0, 0.1) is 12.8 Å². The van der Waals surface area contributed by atoms with E-state index in [1.165, 1.54) is 4.90 Å². The van der Waals surface area contributed by atoms with Crippen LogP contribution in [0.2, 0.25) is 0 Å². The van der Waals surface area contributed by atoms with Crippen molar-refractivity contribution in [2.45, 2.75) is 29.6 Å². The smallest absolute Gasteiger partial charge is 0.246 e. The van der Waals surface area contributed by atoms with Crippen LogP contribution >= 0.6 is 11.8 Å². The summed E-state index contributed by atoms with van der Waals surface area (Å²) in [4.78, 5) is 15.9. The first-order valence-electron chi connectivity index (χ1n) is 10.0. The number of carbonyl (C=O) groups is 1. The molecule has 0 bridgehead atoms. The molecule has 2 aromatic carbocycles. The zero-order valence-corrected chi connectivity index (χ0v) is 19.0. The van der Waals surface area contributed by atoms with Gasteiger partial charge in [-0.2, -0.15) is 0 Å². The molecule has 7 heteroatoms. The highest BCUT2D eigenvalue weighted by Gasteiger charge is 2.24. The highest BCUT2D eigenvalue weighted by Crippen LogP contribution is 2.19. The van der Waals surface area contributed by atoms with Crippen molar-refractivity contribution in [2.24, 2.45) is 5.92 Å². The Hall–Kier alpha value is -2.09. The largest absolute Gasteiger partial charge is 0.339 e. The number of thioether (sulfide) groups is 1. The molecule has 160 valence electrons. The summed E-state index contributed by atoms with van der Waals surface area (Å²) in [6.07, 6.45) is 7.24. The van der Waals surface area contributed by atoms with E-state index in [-0.39, 0.29) is 16.7 Å². The molecule has 1 N–H and O–H groups in total. The summed E-state index contributed by atoms with van der Waals surface area (Å²) in [7, 11) is -3.54. The van der Waals surface area contributed by atoms with E-state index in [0.717, 1.165) is 24.0 Å². The first-order valence-corrected chi connectivity index (χ1v) is 12.8. The molecule has 2 aromatic rings. The van der Waals surface area contributed by atoms with Gasteiger partial charge in [-0.25, -0.2) is 13.1 Å². The van der Waals surface area contributed by atoms with E-state index in [9.17, 15) is 13.2 Å². The van der Waals surface area contributed by atoms with E-state index in [0.29, 0.717) is 19.6 Å².